The molecule has 0 amide bonds. The van der Waals surface area contributed by atoms with Gasteiger partial charge in [0, 0.05) is 24.5 Å². The fourth-order valence-corrected chi connectivity index (χ4v) is 4.78. The maximum Gasteiger partial charge on any atom is 0.250 e. The maximum atomic E-state index is 12.3. The van der Waals surface area contributed by atoms with Crippen molar-refractivity contribution in [2.24, 2.45) is 0 Å². The fraction of sp³-hybridized carbons (Fsp3) is 0.714. The van der Waals surface area contributed by atoms with Gasteiger partial charge in [0.1, 0.15) is 4.21 Å². The molecule has 1 aromatic heterocycles. The first-order valence-electron chi connectivity index (χ1n) is 7.40. The number of rotatable bonds is 10. The Morgan fingerprint density at radius 1 is 1.29 bits per heavy atom. The number of hydrogen-bond acceptors (Lipinski definition) is 5. The van der Waals surface area contributed by atoms with Crippen LogP contribution in [0.4, 0.5) is 0 Å². The van der Waals surface area contributed by atoms with Crippen LogP contribution in [0.2, 0.25) is 0 Å². The Morgan fingerprint density at radius 2 is 2.00 bits per heavy atom. The van der Waals surface area contributed by atoms with Crippen LogP contribution in [0.1, 0.15) is 30.7 Å². The Hall–Kier alpha value is -0.470. The Labute approximate surface area is 132 Å². The van der Waals surface area contributed by atoms with Crippen LogP contribution in [0, 0.1) is 6.92 Å². The van der Waals surface area contributed by atoms with Crippen molar-refractivity contribution >= 4 is 21.4 Å². The molecule has 7 heteroatoms. The lowest BCUT2D eigenvalue weighted by molar-refractivity contribution is 0.293. The number of nitrogens with one attached hydrogen (secondary N) is 2. The highest BCUT2D eigenvalue weighted by molar-refractivity contribution is 7.91. The summed E-state index contributed by atoms with van der Waals surface area (Å²) in [6.07, 6.45) is 1.08. The molecule has 0 aromatic carbocycles. The van der Waals surface area contributed by atoms with Crippen molar-refractivity contribution in [1.29, 1.82) is 0 Å². The molecule has 21 heavy (non-hydrogen) atoms. The summed E-state index contributed by atoms with van der Waals surface area (Å²) >= 11 is 1.34. The minimum atomic E-state index is -3.39. The molecule has 0 spiro atoms. The molecular formula is C14H27N3O2S2. The number of nitrogens with zero attached hydrogens (tertiary/aromatic N) is 1. The number of hydrogen-bond donors (Lipinski definition) is 2. The topological polar surface area (TPSA) is 61.4 Å². The minimum absolute atomic E-state index is 0.406. The van der Waals surface area contributed by atoms with Gasteiger partial charge < -0.3 is 10.2 Å². The molecule has 0 atom stereocenters. The van der Waals surface area contributed by atoms with E-state index in [9.17, 15) is 8.42 Å². The normalized spacial score (nSPS) is 12.2. The SMILES string of the molecule is CCCN(CC)CCNS(=O)(=O)c1cc(C)c(CNC)s1. The highest BCUT2D eigenvalue weighted by atomic mass is 32.2. The number of thiophene rings is 1. The van der Waals surface area contributed by atoms with Crippen LogP contribution in [-0.2, 0) is 16.6 Å². The van der Waals surface area contributed by atoms with Gasteiger partial charge in [-0.3, -0.25) is 0 Å². The van der Waals surface area contributed by atoms with Gasteiger partial charge in [-0.2, -0.15) is 0 Å². The summed E-state index contributed by atoms with van der Waals surface area (Å²) in [4.78, 5) is 3.31. The van der Waals surface area contributed by atoms with E-state index in [2.05, 4.69) is 28.8 Å². The molecule has 0 bridgehead atoms. The summed E-state index contributed by atoms with van der Waals surface area (Å²) < 4.78 is 27.7. The molecule has 5 nitrogen and oxygen atoms in total. The van der Waals surface area contributed by atoms with Crippen molar-refractivity contribution in [2.75, 3.05) is 33.2 Å². The van der Waals surface area contributed by atoms with Gasteiger partial charge in [0.2, 0.25) is 10.0 Å². The Kier molecular flexibility index (Phi) is 7.83. The summed E-state index contributed by atoms with van der Waals surface area (Å²) in [5.41, 5.74) is 1.02. The van der Waals surface area contributed by atoms with Crippen molar-refractivity contribution < 1.29 is 8.42 Å². The van der Waals surface area contributed by atoms with Crippen LogP contribution in [0.3, 0.4) is 0 Å². The summed E-state index contributed by atoms with van der Waals surface area (Å²) in [6, 6.07) is 1.75. The Balaban J connectivity index is 2.63. The van der Waals surface area contributed by atoms with Crippen molar-refractivity contribution in [1.82, 2.24) is 14.9 Å². The smallest absolute Gasteiger partial charge is 0.250 e. The predicted molar refractivity (Wildman–Crippen MR) is 89.4 cm³/mol. The molecule has 0 unspecified atom stereocenters. The molecule has 1 aromatic rings. The van der Waals surface area contributed by atoms with Gasteiger partial charge in [-0.1, -0.05) is 13.8 Å². The molecule has 2 N–H and O–H groups in total. The summed E-state index contributed by atoms with van der Waals surface area (Å²) in [5, 5.41) is 3.06. The maximum absolute atomic E-state index is 12.3. The van der Waals surface area contributed by atoms with Gasteiger partial charge in [-0.25, -0.2) is 13.1 Å². The molecule has 0 aliphatic heterocycles. The third-order valence-electron chi connectivity index (χ3n) is 3.31. The van der Waals surface area contributed by atoms with E-state index in [1.165, 1.54) is 11.3 Å². The predicted octanol–water partition coefficient (Wildman–Crippen LogP) is 1.79. The van der Waals surface area contributed by atoms with E-state index in [0.717, 1.165) is 36.5 Å². The average molecular weight is 334 g/mol. The molecule has 0 radical (unpaired) electrons. The van der Waals surface area contributed by atoms with Gasteiger partial charge in [-0.05, 0) is 45.1 Å². The van der Waals surface area contributed by atoms with Crippen LogP contribution in [0.25, 0.3) is 0 Å². The Bertz CT molecular complexity index is 526. The van der Waals surface area contributed by atoms with E-state index < -0.39 is 10.0 Å². The fourth-order valence-electron chi connectivity index (χ4n) is 2.11. The zero-order chi connectivity index (χ0) is 15.9. The standard InChI is InChI=1S/C14H27N3O2S2/c1-5-8-17(6-2)9-7-16-21(18,19)14-10-12(3)13(20-14)11-15-4/h10,15-16H,5-9,11H2,1-4H3. The second kappa shape index (κ2) is 8.85. The molecule has 0 fully saturated rings. The van der Waals surface area contributed by atoms with Crippen molar-refractivity contribution in [2.45, 2.75) is 37.9 Å². The average Bonchev–Trinajstić information content (AvgIpc) is 2.80. The number of likely N-dealkylation sites (N-methyl/N-ethyl adjacent to an activating group) is 1. The van der Waals surface area contributed by atoms with E-state index >= 15 is 0 Å². The zero-order valence-electron chi connectivity index (χ0n) is 13.4. The highest BCUT2D eigenvalue weighted by Crippen LogP contribution is 2.25. The van der Waals surface area contributed by atoms with Crippen LogP contribution in [0.5, 0.6) is 0 Å². The second-order valence-electron chi connectivity index (χ2n) is 5.03. The number of aryl methyl sites for hydroxylation is 1. The lowest BCUT2D eigenvalue weighted by Gasteiger charge is -2.19. The van der Waals surface area contributed by atoms with E-state index in [1.807, 2.05) is 14.0 Å². The zero-order valence-corrected chi connectivity index (χ0v) is 15.0. The van der Waals surface area contributed by atoms with Gasteiger partial charge in [0.25, 0.3) is 0 Å². The molecule has 0 saturated carbocycles. The highest BCUT2D eigenvalue weighted by Gasteiger charge is 2.18. The van der Waals surface area contributed by atoms with E-state index in [4.69, 9.17) is 0 Å². The van der Waals surface area contributed by atoms with Crippen LogP contribution < -0.4 is 10.0 Å². The largest absolute Gasteiger partial charge is 0.315 e. The third-order valence-corrected chi connectivity index (χ3v) is 6.48. The molecule has 0 saturated heterocycles. The lowest BCUT2D eigenvalue weighted by atomic mass is 10.3. The summed E-state index contributed by atoms with van der Waals surface area (Å²) in [7, 11) is -1.53. The molecule has 122 valence electrons. The van der Waals surface area contributed by atoms with Gasteiger partial charge in [0.15, 0.2) is 0 Å². The first kappa shape index (κ1) is 18.6. The first-order valence-corrected chi connectivity index (χ1v) is 9.70. The van der Waals surface area contributed by atoms with Crippen LogP contribution in [0.15, 0.2) is 10.3 Å². The minimum Gasteiger partial charge on any atom is -0.315 e. The second-order valence-corrected chi connectivity index (χ2v) is 8.16. The van der Waals surface area contributed by atoms with Gasteiger partial charge >= 0.3 is 0 Å². The quantitative estimate of drug-likeness (QED) is 0.685. The van der Waals surface area contributed by atoms with Crippen LogP contribution in [-0.4, -0.2) is 46.5 Å². The van der Waals surface area contributed by atoms with E-state index in [0.29, 0.717) is 17.3 Å². The number of sulfonamides is 1. The van der Waals surface area contributed by atoms with Gasteiger partial charge in [0.05, 0.1) is 0 Å². The van der Waals surface area contributed by atoms with Crippen molar-refractivity contribution in [3.8, 4) is 0 Å². The lowest BCUT2D eigenvalue weighted by Crippen LogP contribution is -2.35. The molecular weight excluding hydrogens is 306 g/mol. The molecule has 0 aliphatic carbocycles. The molecule has 1 heterocycles. The summed E-state index contributed by atoms with van der Waals surface area (Å²) in [5.74, 6) is 0. The first-order chi connectivity index (χ1) is 9.94. The summed E-state index contributed by atoms with van der Waals surface area (Å²) in [6.45, 7) is 10.0. The van der Waals surface area contributed by atoms with E-state index in [1.54, 1.807) is 6.07 Å². The van der Waals surface area contributed by atoms with E-state index in [-0.39, 0.29) is 0 Å². The molecule has 1 rings (SSSR count). The Morgan fingerprint density at radius 3 is 2.57 bits per heavy atom. The molecule has 0 aliphatic rings. The van der Waals surface area contributed by atoms with Crippen molar-refractivity contribution in [3.63, 3.8) is 0 Å². The monoisotopic (exact) mass is 333 g/mol. The van der Waals surface area contributed by atoms with Crippen molar-refractivity contribution in [3.05, 3.63) is 16.5 Å². The van der Waals surface area contributed by atoms with Gasteiger partial charge in [-0.15, -0.1) is 11.3 Å². The van der Waals surface area contributed by atoms with Crippen LogP contribution >= 0.6 is 11.3 Å². The third kappa shape index (κ3) is 5.67.